The number of rotatable bonds is 6. The summed E-state index contributed by atoms with van der Waals surface area (Å²) in [7, 11) is 0. The first kappa shape index (κ1) is 14.4. The molecular formula is C16H17N3S2. The van der Waals surface area contributed by atoms with Crippen molar-refractivity contribution in [1.82, 2.24) is 15.3 Å². The molecule has 108 valence electrons. The minimum Gasteiger partial charge on any atom is -0.310 e. The van der Waals surface area contributed by atoms with Crippen LogP contribution in [0.4, 0.5) is 0 Å². The van der Waals surface area contributed by atoms with Crippen LogP contribution in [0, 0.1) is 6.92 Å². The minimum atomic E-state index is 0.821. The third kappa shape index (κ3) is 3.97. The number of hydrogen-bond acceptors (Lipinski definition) is 5. The monoisotopic (exact) mass is 315 g/mol. The van der Waals surface area contributed by atoms with Crippen LogP contribution in [0.25, 0.3) is 11.3 Å². The number of aromatic nitrogens is 2. The van der Waals surface area contributed by atoms with Crippen molar-refractivity contribution in [2.45, 2.75) is 19.9 Å². The van der Waals surface area contributed by atoms with E-state index < -0.39 is 0 Å². The normalized spacial score (nSPS) is 10.9. The second-order valence-electron chi connectivity index (χ2n) is 4.80. The van der Waals surface area contributed by atoms with Gasteiger partial charge in [-0.15, -0.1) is 22.7 Å². The molecule has 2 heterocycles. The predicted molar refractivity (Wildman–Crippen MR) is 89.8 cm³/mol. The number of thiazole rings is 2. The van der Waals surface area contributed by atoms with Crippen molar-refractivity contribution >= 4 is 22.7 Å². The molecule has 1 N–H and O–H groups in total. The third-order valence-corrected chi connectivity index (χ3v) is 4.96. The fourth-order valence-corrected chi connectivity index (χ4v) is 3.59. The summed E-state index contributed by atoms with van der Waals surface area (Å²) < 4.78 is 0. The Kier molecular flexibility index (Phi) is 4.75. The van der Waals surface area contributed by atoms with Gasteiger partial charge in [0.2, 0.25) is 0 Å². The lowest BCUT2D eigenvalue weighted by Crippen LogP contribution is -2.16. The van der Waals surface area contributed by atoms with Gasteiger partial charge in [0.15, 0.2) is 0 Å². The molecule has 0 unspecified atom stereocenters. The Labute approximate surface area is 132 Å². The first-order valence-electron chi connectivity index (χ1n) is 6.93. The van der Waals surface area contributed by atoms with Crippen LogP contribution in [0.1, 0.15) is 15.7 Å². The summed E-state index contributed by atoms with van der Waals surface area (Å²) in [5.41, 5.74) is 3.36. The number of nitrogens with one attached hydrogen (secondary N) is 1. The number of aryl methyl sites for hydroxylation is 1. The van der Waals surface area contributed by atoms with Gasteiger partial charge in [-0.05, 0) is 6.92 Å². The molecule has 3 rings (SSSR count). The topological polar surface area (TPSA) is 37.8 Å². The lowest BCUT2D eigenvalue weighted by Gasteiger charge is -2.00. The maximum absolute atomic E-state index is 4.67. The van der Waals surface area contributed by atoms with Crippen LogP contribution in [0.15, 0.2) is 41.1 Å². The fraction of sp³-hybridized carbons (Fsp3) is 0.250. The van der Waals surface area contributed by atoms with E-state index in [0.717, 1.165) is 35.9 Å². The van der Waals surface area contributed by atoms with Gasteiger partial charge in [0.05, 0.1) is 10.7 Å². The fourth-order valence-electron chi connectivity index (χ4n) is 2.04. The molecule has 0 amide bonds. The number of nitrogens with zero attached hydrogens (tertiary/aromatic N) is 2. The smallest absolute Gasteiger partial charge is 0.107 e. The molecule has 0 fully saturated rings. The molecule has 0 saturated heterocycles. The quantitative estimate of drug-likeness (QED) is 0.701. The van der Waals surface area contributed by atoms with Crippen molar-refractivity contribution in [2.24, 2.45) is 0 Å². The van der Waals surface area contributed by atoms with Crippen molar-refractivity contribution in [2.75, 3.05) is 6.54 Å². The third-order valence-electron chi connectivity index (χ3n) is 3.08. The van der Waals surface area contributed by atoms with Crippen LogP contribution in [-0.2, 0) is 13.0 Å². The van der Waals surface area contributed by atoms with Gasteiger partial charge in [0.25, 0.3) is 0 Å². The zero-order chi connectivity index (χ0) is 14.5. The van der Waals surface area contributed by atoms with Crippen molar-refractivity contribution in [3.8, 4) is 11.3 Å². The highest BCUT2D eigenvalue weighted by Gasteiger charge is 2.04. The highest BCUT2D eigenvalue weighted by atomic mass is 32.1. The van der Waals surface area contributed by atoms with Crippen molar-refractivity contribution in [3.63, 3.8) is 0 Å². The summed E-state index contributed by atoms with van der Waals surface area (Å²) >= 11 is 3.44. The Balaban J connectivity index is 1.49. The SMILES string of the molecule is Cc1csc(CCNCc2nc(-c3ccccc3)cs2)n1. The van der Waals surface area contributed by atoms with Gasteiger partial charge in [-0.2, -0.15) is 0 Å². The molecule has 0 spiro atoms. The largest absolute Gasteiger partial charge is 0.310 e. The van der Waals surface area contributed by atoms with Crippen LogP contribution in [-0.4, -0.2) is 16.5 Å². The Hall–Kier alpha value is -1.56. The second kappa shape index (κ2) is 6.93. The van der Waals surface area contributed by atoms with E-state index in [9.17, 15) is 0 Å². The van der Waals surface area contributed by atoms with E-state index in [2.05, 4.69) is 38.2 Å². The van der Waals surface area contributed by atoms with Gasteiger partial charge in [-0.25, -0.2) is 9.97 Å². The van der Waals surface area contributed by atoms with Crippen LogP contribution >= 0.6 is 22.7 Å². The predicted octanol–water partition coefficient (Wildman–Crippen LogP) is 3.91. The molecule has 0 bridgehead atoms. The van der Waals surface area contributed by atoms with E-state index in [4.69, 9.17) is 0 Å². The van der Waals surface area contributed by atoms with Crippen LogP contribution in [0.2, 0.25) is 0 Å². The molecular weight excluding hydrogens is 298 g/mol. The van der Waals surface area contributed by atoms with Crippen LogP contribution in [0.3, 0.4) is 0 Å². The minimum absolute atomic E-state index is 0.821. The molecule has 0 aliphatic carbocycles. The van der Waals surface area contributed by atoms with Crippen LogP contribution < -0.4 is 5.32 Å². The van der Waals surface area contributed by atoms with Gasteiger partial charge in [0, 0.05) is 41.5 Å². The Morgan fingerprint density at radius 2 is 1.81 bits per heavy atom. The van der Waals surface area contributed by atoms with Gasteiger partial charge >= 0.3 is 0 Å². The van der Waals surface area contributed by atoms with E-state index >= 15 is 0 Å². The second-order valence-corrected chi connectivity index (χ2v) is 6.69. The van der Waals surface area contributed by atoms with E-state index in [1.165, 1.54) is 10.6 Å². The summed E-state index contributed by atoms with van der Waals surface area (Å²) in [6, 6.07) is 10.3. The maximum atomic E-state index is 4.67. The molecule has 21 heavy (non-hydrogen) atoms. The lowest BCUT2D eigenvalue weighted by atomic mass is 10.2. The molecule has 0 radical (unpaired) electrons. The lowest BCUT2D eigenvalue weighted by molar-refractivity contribution is 0.682. The van der Waals surface area contributed by atoms with Crippen molar-refractivity contribution in [1.29, 1.82) is 0 Å². The van der Waals surface area contributed by atoms with Crippen molar-refractivity contribution in [3.05, 3.63) is 56.8 Å². The van der Waals surface area contributed by atoms with Crippen LogP contribution in [0.5, 0.6) is 0 Å². The Bertz CT molecular complexity index is 688. The van der Waals surface area contributed by atoms with E-state index in [1.807, 2.05) is 25.1 Å². The zero-order valence-corrected chi connectivity index (χ0v) is 13.5. The number of benzene rings is 1. The molecule has 0 aliphatic heterocycles. The first-order valence-corrected chi connectivity index (χ1v) is 8.69. The maximum Gasteiger partial charge on any atom is 0.107 e. The van der Waals surface area contributed by atoms with Gasteiger partial charge < -0.3 is 5.32 Å². The molecule has 3 aromatic rings. The van der Waals surface area contributed by atoms with E-state index in [-0.39, 0.29) is 0 Å². The molecule has 3 nitrogen and oxygen atoms in total. The summed E-state index contributed by atoms with van der Waals surface area (Å²) in [6.45, 7) is 3.79. The summed E-state index contributed by atoms with van der Waals surface area (Å²) in [5.74, 6) is 0. The van der Waals surface area contributed by atoms with Crippen molar-refractivity contribution < 1.29 is 0 Å². The molecule has 5 heteroatoms. The average molecular weight is 315 g/mol. The molecule has 1 aromatic carbocycles. The van der Waals surface area contributed by atoms with E-state index in [0.29, 0.717) is 0 Å². The molecule has 2 aromatic heterocycles. The van der Waals surface area contributed by atoms with E-state index in [1.54, 1.807) is 22.7 Å². The first-order chi connectivity index (χ1) is 10.3. The zero-order valence-electron chi connectivity index (χ0n) is 11.9. The molecule has 0 aliphatic rings. The highest BCUT2D eigenvalue weighted by molar-refractivity contribution is 7.10. The standard InChI is InChI=1S/C16H17N3S2/c1-12-10-20-15(18-12)7-8-17-9-16-19-14(11-21-16)13-5-3-2-4-6-13/h2-6,10-11,17H,7-9H2,1H3. The molecule has 0 atom stereocenters. The Morgan fingerprint density at radius 3 is 2.57 bits per heavy atom. The average Bonchev–Trinajstić information content (AvgIpc) is 3.14. The Morgan fingerprint density at radius 1 is 1.00 bits per heavy atom. The summed E-state index contributed by atoms with van der Waals surface area (Å²) in [6.07, 6.45) is 0.982. The molecule has 0 saturated carbocycles. The number of hydrogen-bond donors (Lipinski definition) is 1. The van der Waals surface area contributed by atoms with Gasteiger partial charge in [0.1, 0.15) is 5.01 Å². The highest BCUT2D eigenvalue weighted by Crippen LogP contribution is 2.21. The summed E-state index contributed by atoms with van der Waals surface area (Å²) in [5, 5.41) is 9.99. The van der Waals surface area contributed by atoms with Gasteiger partial charge in [-0.3, -0.25) is 0 Å². The summed E-state index contributed by atoms with van der Waals surface area (Å²) in [4.78, 5) is 9.14. The van der Waals surface area contributed by atoms with Gasteiger partial charge in [-0.1, -0.05) is 30.3 Å².